The molecule has 0 spiro atoms. The van der Waals surface area contributed by atoms with E-state index in [0.717, 1.165) is 6.42 Å². The summed E-state index contributed by atoms with van der Waals surface area (Å²) in [5.74, 6) is -0.746. The van der Waals surface area contributed by atoms with Gasteiger partial charge in [0.25, 0.3) is 0 Å². The van der Waals surface area contributed by atoms with Crippen LogP contribution in [0.1, 0.15) is 20.3 Å². The SMILES string of the molecule is CC1(C)CCN(S(=O)(=O)c2ccc(OCC(=O)O)cc2)C1. The van der Waals surface area contributed by atoms with E-state index in [-0.39, 0.29) is 10.3 Å². The van der Waals surface area contributed by atoms with Crippen LogP contribution in [0.4, 0.5) is 0 Å². The first-order chi connectivity index (χ1) is 9.71. The molecule has 6 nitrogen and oxygen atoms in total. The molecule has 1 aromatic carbocycles. The van der Waals surface area contributed by atoms with Crippen LogP contribution in [0.15, 0.2) is 29.2 Å². The van der Waals surface area contributed by atoms with Crippen LogP contribution >= 0.6 is 0 Å². The lowest BCUT2D eigenvalue weighted by molar-refractivity contribution is -0.139. The van der Waals surface area contributed by atoms with Gasteiger partial charge in [0, 0.05) is 13.1 Å². The van der Waals surface area contributed by atoms with Crippen molar-refractivity contribution in [2.45, 2.75) is 25.2 Å². The fraction of sp³-hybridized carbons (Fsp3) is 0.500. The molecule has 0 unspecified atom stereocenters. The van der Waals surface area contributed by atoms with E-state index in [1.54, 1.807) is 0 Å². The molecule has 0 radical (unpaired) electrons. The first-order valence-corrected chi connectivity index (χ1v) is 8.10. The number of carboxylic acids is 1. The summed E-state index contributed by atoms with van der Waals surface area (Å²) in [6, 6.07) is 5.82. The Kier molecular flexibility index (Phi) is 4.25. The Morgan fingerprint density at radius 3 is 2.43 bits per heavy atom. The molecule has 1 saturated heterocycles. The number of carbonyl (C=O) groups is 1. The molecule has 7 heteroatoms. The Morgan fingerprint density at radius 1 is 1.33 bits per heavy atom. The number of hydrogen-bond donors (Lipinski definition) is 1. The van der Waals surface area contributed by atoms with Crippen LogP contribution < -0.4 is 4.74 Å². The fourth-order valence-corrected chi connectivity index (χ4v) is 3.90. The van der Waals surface area contributed by atoms with Crippen molar-refractivity contribution >= 4 is 16.0 Å². The summed E-state index contributed by atoms with van der Waals surface area (Å²) in [5.41, 5.74) is -0.00237. The second-order valence-corrected chi connectivity index (χ2v) is 7.84. The van der Waals surface area contributed by atoms with E-state index in [0.29, 0.717) is 18.8 Å². The minimum absolute atomic E-state index is 0.00237. The maximum Gasteiger partial charge on any atom is 0.341 e. The van der Waals surface area contributed by atoms with Crippen molar-refractivity contribution in [1.82, 2.24) is 4.31 Å². The fourth-order valence-electron chi connectivity index (χ4n) is 2.27. The van der Waals surface area contributed by atoms with Gasteiger partial charge in [-0.3, -0.25) is 0 Å². The van der Waals surface area contributed by atoms with Gasteiger partial charge in [0.2, 0.25) is 10.0 Å². The first-order valence-electron chi connectivity index (χ1n) is 6.66. The highest BCUT2D eigenvalue weighted by molar-refractivity contribution is 7.89. The molecule has 2 rings (SSSR count). The van der Waals surface area contributed by atoms with Crippen LogP contribution in [0.2, 0.25) is 0 Å². The number of benzene rings is 1. The van der Waals surface area contributed by atoms with Gasteiger partial charge < -0.3 is 9.84 Å². The van der Waals surface area contributed by atoms with Crippen molar-refractivity contribution in [3.05, 3.63) is 24.3 Å². The Balaban J connectivity index is 2.12. The number of aliphatic carboxylic acids is 1. The first kappa shape index (κ1) is 15.8. The zero-order valence-electron chi connectivity index (χ0n) is 12.1. The van der Waals surface area contributed by atoms with Crippen LogP contribution in [0.25, 0.3) is 0 Å². The van der Waals surface area contributed by atoms with Gasteiger partial charge in [0.15, 0.2) is 6.61 Å². The van der Waals surface area contributed by atoms with Crippen molar-refractivity contribution in [2.75, 3.05) is 19.7 Å². The highest BCUT2D eigenvalue weighted by Gasteiger charge is 2.36. The molecule has 1 aliphatic heterocycles. The molecule has 1 fully saturated rings. The van der Waals surface area contributed by atoms with Gasteiger partial charge in [-0.15, -0.1) is 0 Å². The molecular formula is C14H19NO5S. The monoisotopic (exact) mass is 313 g/mol. The highest BCUT2D eigenvalue weighted by atomic mass is 32.2. The third kappa shape index (κ3) is 3.74. The Hall–Kier alpha value is -1.60. The quantitative estimate of drug-likeness (QED) is 0.892. The number of hydrogen-bond acceptors (Lipinski definition) is 4. The summed E-state index contributed by atoms with van der Waals surface area (Å²) in [4.78, 5) is 10.6. The normalized spacial score (nSPS) is 18.6. The molecule has 0 amide bonds. The largest absolute Gasteiger partial charge is 0.482 e. The third-order valence-corrected chi connectivity index (χ3v) is 5.33. The van der Waals surface area contributed by atoms with E-state index in [1.807, 2.05) is 13.8 Å². The number of rotatable bonds is 5. The highest BCUT2D eigenvalue weighted by Crippen LogP contribution is 2.32. The van der Waals surface area contributed by atoms with Crippen molar-refractivity contribution < 1.29 is 23.1 Å². The summed E-state index contributed by atoms with van der Waals surface area (Å²) >= 11 is 0. The van der Waals surface area contributed by atoms with Crippen LogP contribution in [0, 0.1) is 5.41 Å². The van der Waals surface area contributed by atoms with E-state index in [1.165, 1.54) is 28.6 Å². The average Bonchev–Trinajstić information content (AvgIpc) is 2.78. The molecule has 21 heavy (non-hydrogen) atoms. The predicted octanol–water partition coefficient (Wildman–Crippen LogP) is 1.57. The van der Waals surface area contributed by atoms with E-state index in [2.05, 4.69) is 0 Å². The van der Waals surface area contributed by atoms with Crippen molar-refractivity contribution in [3.8, 4) is 5.75 Å². The number of ether oxygens (including phenoxy) is 1. The maximum absolute atomic E-state index is 12.5. The molecule has 1 N–H and O–H groups in total. The lowest BCUT2D eigenvalue weighted by Gasteiger charge is -2.19. The van der Waals surface area contributed by atoms with Crippen LogP contribution in [-0.2, 0) is 14.8 Å². The summed E-state index contributed by atoms with van der Waals surface area (Å²) in [6.45, 7) is 4.67. The third-order valence-electron chi connectivity index (χ3n) is 3.47. The minimum atomic E-state index is -3.50. The maximum atomic E-state index is 12.5. The standard InChI is InChI=1S/C14H19NO5S/c1-14(2)7-8-15(10-14)21(18,19)12-5-3-11(4-6-12)20-9-13(16)17/h3-6H,7-10H2,1-2H3,(H,16,17). The Morgan fingerprint density at radius 2 is 1.95 bits per heavy atom. The smallest absolute Gasteiger partial charge is 0.341 e. The topological polar surface area (TPSA) is 83.9 Å². The van der Waals surface area contributed by atoms with Gasteiger partial charge in [0.1, 0.15) is 5.75 Å². The van der Waals surface area contributed by atoms with Gasteiger partial charge in [0.05, 0.1) is 4.90 Å². The lowest BCUT2D eigenvalue weighted by Crippen LogP contribution is -2.30. The molecule has 0 aliphatic carbocycles. The number of sulfonamides is 1. The van der Waals surface area contributed by atoms with Gasteiger partial charge >= 0.3 is 5.97 Å². The van der Waals surface area contributed by atoms with Gasteiger partial charge in [-0.1, -0.05) is 13.8 Å². The molecule has 116 valence electrons. The number of carboxylic acid groups (broad SMARTS) is 1. The summed E-state index contributed by atoms with van der Waals surface area (Å²) in [6.07, 6.45) is 0.839. The van der Waals surface area contributed by atoms with E-state index in [9.17, 15) is 13.2 Å². The van der Waals surface area contributed by atoms with Gasteiger partial charge in [-0.2, -0.15) is 4.31 Å². The summed E-state index contributed by atoms with van der Waals surface area (Å²) < 4.78 is 31.5. The van der Waals surface area contributed by atoms with Crippen molar-refractivity contribution in [3.63, 3.8) is 0 Å². The molecule has 0 saturated carbocycles. The zero-order valence-corrected chi connectivity index (χ0v) is 12.9. The molecule has 0 bridgehead atoms. The molecular weight excluding hydrogens is 294 g/mol. The van der Waals surface area contributed by atoms with Crippen LogP contribution in [0.3, 0.4) is 0 Å². The molecule has 1 aliphatic rings. The number of nitrogens with zero attached hydrogens (tertiary/aromatic N) is 1. The van der Waals surface area contributed by atoms with E-state index in [4.69, 9.17) is 9.84 Å². The minimum Gasteiger partial charge on any atom is -0.482 e. The van der Waals surface area contributed by atoms with Crippen LogP contribution in [0.5, 0.6) is 5.75 Å². The second kappa shape index (κ2) is 5.65. The zero-order chi connectivity index (χ0) is 15.7. The lowest BCUT2D eigenvalue weighted by atomic mass is 9.93. The average molecular weight is 313 g/mol. The van der Waals surface area contributed by atoms with Crippen molar-refractivity contribution in [2.24, 2.45) is 5.41 Å². The molecule has 1 heterocycles. The van der Waals surface area contributed by atoms with E-state index >= 15 is 0 Å². The molecule has 1 aromatic rings. The van der Waals surface area contributed by atoms with Crippen LogP contribution in [-0.4, -0.2) is 43.5 Å². The van der Waals surface area contributed by atoms with E-state index < -0.39 is 22.6 Å². The second-order valence-electron chi connectivity index (χ2n) is 5.91. The van der Waals surface area contributed by atoms with Crippen molar-refractivity contribution in [1.29, 1.82) is 0 Å². The van der Waals surface area contributed by atoms with Gasteiger partial charge in [-0.05, 0) is 36.1 Å². The summed E-state index contributed by atoms with van der Waals surface area (Å²) in [7, 11) is -3.50. The predicted molar refractivity (Wildman–Crippen MR) is 76.7 cm³/mol. The Bertz CT molecular complexity index is 621. The molecule has 0 atom stereocenters. The molecule has 0 aromatic heterocycles. The van der Waals surface area contributed by atoms with Gasteiger partial charge in [-0.25, -0.2) is 13.2 Å². The summed E-state index contributed by atoms with van der Waals surface area (Å²) in [5, 5.41) is 8.52. The Labute approximate surface area is 124 Å².